The lowest BCUT2D eigenvalue weighted by atomic mass is 9.73. The summed E-state index contributed by atoms with van der Waals surface area (Å²) in [4.78, 5) is 27.5. The molecule has 1 saturated heterocycles. The molecular formula is C19H25N3O3. The van der Waals surface area contributed by atoms with E-state index in [0.29, 0.717) is 18.2 Å². The highest BCUT2D eigenvalue weighted by Gasteiger charge is 2.48. The number of hydrogen-bond acceptors (Lipinski definition) is 4. The second-order valence-corrected chi connectivity index (χ2v) is 7.38. The van der Waals surface area contributed by atoms with Gasteiger partial charge >= 0.3 is 0 Å². The van der Waals surface area contributed by atoms with Crippen LogP contribution >= 0.6 is 0 Å². The molecule has 1 aromatic rings. The standard InChI is InChI=1S/C19H25N3O3/c1-25-11-10-22-8-6-19(7-9-22)15-12-13(17(23)20-14-3-4-14)2-5-16(15)21-18(19)24/h2,5,12,14H,3-4,6-11H2,1H3,(H,20,23)(H,21,24). The quantitative estimate of drug-likeness (QED) is 0.850. The van der Waals surface area contributed by atoms with Gasteiger partial charge in [0.25, 0.3) is 5.91 Å². The zero-order chi connectivity index (χ0) is 17.4. The minimum absolute atomic E-state index is 0.0303. The molecule has 2 N–H and O–H groups in total. The third-order valence-electron chi connectivity index (χ3n) is 5.71. The van der Waals surface area contributed by atoms with Crippen molar-refractivity contribution >= 4 is 17.5 Å². The Morgan fingerprint density at radius 2 is 2.12 bits per heavy atom. The van der Waals surface area contributed by atoms with E-state index >= 15 is 0 Å². The Morgan fingerprint density at radius 1 is 1.36 bits per heavy atom. The van der Waals surface area contributed by atoms with E-state index < -0.39 is 5.41 Å². The molecule has 2 amide bonds. The first-order chi connectivity index (χ1) is 12.1. The van der Waals surface area contributed by atoms with Gasteiger partial charge in [0.15, 0.2) is 0 Å². The molecule has 0 aromatic heterocycles. The lowest BCUT2D eigenvalue weighted by Gasteiger charge is -2.38. The highest BCUT2D eigenvalue weighted by molar-refractivity contribution is 6.07. The molecule has 2 heterocycles. The summed E-state index contributed by atoms with van der Waals surface area (Å²) in [6, 6.07) is 5.94. The van der Waals surface area contributed by atoms with E-state index in [-0.39, 0.29) is 11.8 Å². The lowest BCUT2D eigenvalue weighted by Crippen LogP contribution is -2.47. The van der Waals surface area contributed by atoms with Gasteiger partial charge in [0, 0.05) is 30.9 Å². The van der Waals surface area contributed by atoms with E-state index in [0.717, 1.165) is 56.6 Å². The number of anilines is 1. The van der Waals surface area contributed by atoms with Crippen molar-refractivity contribution < 1.29 is 14.3 Å². The van der Waals surface area contributed by atoms with Crippen LogP contribution in [0.4, 0.5) is 5.69 Å². The zero-order valence-corrected chi connectivity index (χ0v) is 14.6. The maximum absolute atomic E-state index is 12.7. The summed E-state index contributed by atoms with van der Waals surface area (Å²) >= 11 is 0. The van der Waals surface area contributed by atoms with Crippen LogP contribution in [-0.4, -0.2) is 56.1 Å². The first-order valence-electron chi connectivity index (χ1n) is 9.10. The molecule has 1 aromatic carbocycles. The predicted octanol–water partition coefficient (Wildman–Crippen LogP) is 1.51. The smallest absolute Gasteiger partial charge is 0.251 e. The molecule has 134 valence electrons. The van der Waals surface area contributed by atoms with Gasteiger partial charge in [-0.3, -0.25) is 9.59 Å². The number of rotatable bonds is 5. The average molecular weight is 343 g/mol. The van der Waals surface area contributed by atoms with Gasteiger partial charge in [0.2, 0.25) is 5.91 Å². The Morgan fingerprint density at radius 3 is 2.80 bits per heavy atom. The van der Waals surface area contributed by atoms with Gasteiger partial charge in [0.05, 0.1) is 12.0 Å². The topological polar surface area (TPSA) is 70.7 Å². The van der Waals surface area contributed by atoms with Crippen molar-refractivity contribution in [3.63, 3.8) is 0 Å². The number of carbonyl (C=O) groups is 2. The molecule has 4 rings (SSSR count). The number of fused-ring (bicyclic) bond motifs is 2. The summed E-state index contributed by atoms with van der Waals surface area (Å²) in [6.07, 6.45) is 3.70. The van der Waals surface area contributed by atoms with E-state index in [1.807, 2.05) is 18.2 Å². The molecule has 0 radical (unpaired) electrons. The van der Waals surface area contributed by atoms with E-state index in [9.17, 15) is 9.59 Å². The van der Waals surface area contributed by atoms with Crippen molar-refractivity contribution in [1.82, 2.24) is 10.2 Å². The van der Waals surface area contributed by atoms with Crippen molar-refractivity contribution in [1.29, 1.82) is 0 Å². The molecule has 2 fully saturated rings. The highest BCUT2D eigenvalue weighted by Crippen LogP contribution is 2.45. The zero-order valence-electron chi connectivity index (χ0n) is 14.6. The summed E-state index contributed by atoms with van der Waals surface area (Å²) < 4.78 is 5.15. The van der Waals surface area contributed by atoms with Crippen molar-refractivity contribution in [2.24, 2.45) is 0 Å². The number of amides is 2. The number of nitrogens with zero attached hydrogens (tertiary/aromatic N) is 1. The molecule has 0 atom stereocenters. The van der Waals surface area contributed by atoms with Gasteiger partial charge in [-0.15, -0.1) is 0 Å². The minimum Gasteiger partial charge on any atom is -0.383 e. The molecule has 25 heavy (non-hydrogen) atoms. The van der Waals surface area contributed by atoms with Crippen LogP contribution in [0.1, 0.15) is 41.6 Å². The molecule has 1 spiro atoms. The van der Waals surface area contributed by atoms with Gasteiger partial charge in [-0.1, -0.05) is 0 Å². The molecular weight excluding hydrogens is 318 g/mol. The van der Waals surface area contributed by atoms with Gasteiger partial charge < -0.3 is 20.3 Å². The monoisotopic (exact) mass is 343 g/mol. The Kier molecular flexibility index (Phi) is 4.25. The lowest BCUT2D eigenvalue weighted by molar-refractivity contribution is -0.122. The van der Waals surface area contributed by atoms with Gasteiger partial charge in [-0.05, 0) is 62.5 Å². The van der Waals surface area contributed by atoms with Gasteiger partial charge in [-0.25, -0.2) is 0 Å². The van der Waals surface area contributed by atoms with E-state index in [4.69, 9.17) is 4.74 Å². The van der Waals surface area contributed by atoms with Crippen LogP contribution < -0.4 is 10.6 Å². The van der Waals surface area contributed by atoms with E-state index in [1.165, 1.54) is 0 Å². The number of hydrogen-bond donors (Lipinski definition) is 2. The Hall–Kier alpha value is -1.92. The first kappa shape index (κ1) is 16.5. The first-order valence-corrected chi connectivity index (χ1v) is 9.10. The third-order valence-corrected chi connectivity index (χ3v) is 5.71. The summed E-state index contributed by atoms with van der Waals surface area (Å²) in [7, 11) is 1.71. The van der Waals surface area contributed by atoms with Crippen molar-refractivity contribution in [2.45, 2.75) is 37.1 Å². The van der Waals surface area contributed by atoms with E-state index in [1.54, 1.807) is 7.11 Å². The second-order valence-electron chi connectivity index (χ2n) is 7.38. The Labute approximate surface area is 147 Å². The van der Waals surface area contributed by atoms with Crippen LogP contribution in [0.5, 0.6) is 0 Å². The van der Waals surface area contributed by atoms with Crippen molar-refractivity contribution in [3.05, 3.63) is 29.3 Å². The maximum atomic E-state index is 12.7. The van der Waals surface area contributed by atoms with Crippen LogP contribution in [-0.2, 0) is 14.9 Å². The maximum Gasteiger partial charge on any atom is 0.251 e. The molecule has 1 aliphatic carbocycles. The summed E-state index contributed by atoms with van der Waals surface area (Å²) in [5.74, 6) is 0.0472. The van der Waals surface area contributed by atoms with Gasteiger partial charge in [-0.2, -0.15) is 0 Å². The van der Waals surface area contributed by atoms with Crippen LogP contribution in [0, 0.1) is 0 Å². The van der Waals surface area contributed by atoms with Crippen molar-refractivity contribution in [2.75, 3.05) is 38.7 Å². The Balaban J connectivity index is 1.55. The number of carbonyl (C=O) groups excluding carboxylic acids is 2. The second kappa shape index (κ2) is 6.42. The van der Waals surface area contributed by atoms with Crippen LogP contribution in [0.3, 0.4) is 0 Å². The number of ether oxygens (including phenoxy) is 1. The number of methoxy groups -OCH3 is 1. The molecule has 0 bridgehead atoms. The molecule has 3 aliphatic rings. The fraction of sp³-hybridized carbons (Fsp3) is 0.579. The number of benzene rings is 1. The number of likely N-dealkylation sites (tertiary alicyclic amines) is 1. The van der Waals surface area contributed by atoms with Crippen LogP contribution in [0.2, 0.25) is 0 Å². The number of nitrogens with one attached hydrogen (secondary N) is 2. The average Bonchev–Trinajstić information content (AvgIpc) is 3.40. The third kappa shape index (κ3) is 3.04. The largest absolute Gasteiger partial charge is 0.383 e. The fourth-order valence-electron chi connectivity index (χ4n) is 3.93. The molecule has 1 saturated carbocycles. The molecule has 6 nitrogen and oxygen atoms in total. The van der Waals surface area contributed by atoms with E-state index in [2.05, 4.69) is 15.5 Å². The van der Waals surface area contributed by atoms with Crippen molar-refractivity contribution in [3.8, 4) is 0 Å². The summed E-state index contributed by atoms with van der Waals surface area (Å²) in [6.45, 7) is 3.34. The normalized spacial score (nSPS) is 21.9. The summed E-state index contributed by atoms with van der Waals surface area (Å²) in [5.41, 5.74) is 2.02. The number of piperidine rings is 1. The Bertz CT molecular complexity index is 691. The molecule has 6 heteroatoms. The van der Waals surface area contributed by atoms with Gasteiger partial charge in [0.1, 0.15) is 0 Å². The fourth-order valence-corrected chi connectivity index (χ4v) is 3.93. The molecule has 0 unspecified atom stereocenters. The minimum atomic E-state index is -0.491. The highest BCUT2D eigenvalue weighted by atomic mass is 16.5. The predicted molar refractivity (Wildman–Crippen MR) is 94.8 cm³/mol. The summed E-state index contributed by atoms with van der Waals surface area (Å²) in [5, 5.41) is 6.05. The molecule has 2 aliphatic heterocycles. The van der Waals surface area contributed by atoms with Crippen LogP contribution in [0.15, 0.2) is 18.2 Å². The van der Waals surface area contributed by atoms with Crippen LogP contribution in [0.25, 0.3) is 0 Å². The SMILES string of the molecule is COCCN1CCC2(CC1)C(=O)Nc1ccc(C(=O)NC3CC3)cc12.